The van der Waals surface area contributed by atoms with Gasteiger partial charge in [-0.05, 0) is 18.8 Å². The van der Waals surface area contributed by atoms with E-state index >= 15 is 0 Å². The summed E-state index contributed by atoms with van der Waals surface area (Å²) in [6.07, 6.45) is 5.03. The molecule has 0 radical (unpaired) electrons. The second kappa shape index (κ2) is 11.0. The lowest BCUT2D eigenvalue weighted by Gasteiger charge is -2.27. The zero-order valence-electron chi connectivity index (χ0n) is 12.6. The van der Waals surface area contributed by atoms with E-state index in [1.807, 2.05) is 0 Å². The zero-order valence-corrected chi connectivity index (χ0v) is 12.6. The minimum Gasteiger partial charge on any atom is -0.241 e. The maximum Gasteiger partial charge on any atom is 0.0259 e. The van der Waals surface area contributed by atoms with Crippen LogP contribution in [0.4, 0.5) is 0 Å². The van der Waals surface area contributed by atoms with Crippen molar-refractivity contribution >= 4 is 0 Å². The predicted octanol–water partition coefficient (Wildman–Crippen LogP) is 3.19. The Morgan fingerprint density at radius 2 is 1.06 bits per heavy atom. The number of rotatable bonds is 11. The van der Waals surface area contributed by atoms with Crippen molar-refractivity contribution in [3.8, 4) is 0 Å². The molecule has 0 amide bonds. The van der Waals surface area contributed by atoms with Crippen LogP contribution in [0.15, 0.2) is 0 Å². The lowest BCUT2D eigenvalue weighted by Crippen LogP contribution is -2.50. The van der Waals surface area contributed by atoms with Crippen molar-refractivity contribution in [1.82, 2.24) is 16.0 Å². The molecule has 0 unspecified atom stereocenters. The minimum absolute atomic E-state index is 0.791. The molecule has 0 aliphatic carbocycles. The Morgan fingerprint density at radius 1 is 0.706 bits per heavy atom. The summed E-state index contributed by atoms with van der Waals surface area (Å²) in [7, 11) is 0. The third-order valence-corrected chi connectivity index (χ3v) is 3.77. The summed E-state index contributed by atoms with van der Waals surface area (Å²) in [5, 5.41) is 2.15. The molecular formula is C14H33N3. The third kappa shape index (κ3) is 7.74. The number of hydrogen-bond donors (Lipinski definition) is 2. The van der Waals surface area contributed by atoms with Crippen LogP contribution in [0, 0.1) is 11.8 Å². The van der Waals surface area contributed by atoms with Gasteiger partial charge in [0.1, 0.15) is 0 Å². The molecule has 0 atom stereocenters. The van der Waals surface area contributed by atoms with Crippen molar-refractivity contribution in [2.45, 2.75) is 60.3 Å². The van der Waals surface area contributed by atoms with Gasteiger partial charge < -0.3 is 0 Å². The lowest BCUT2D eigenvalue weighted by atomic mass is 10.0. The van der Waals surface area contributed by atoms with Crippen LogP contribution >= 0.6 is 0 Å². The van der Waals surface area contributed by atoms with E-state index in [1.165, 1.54) is 25.7 Å². The molecule has 0 aromatic rings. The van der Waals surface area contributed by atoms with E-state index in [-0.39, 0.29) is 0 Å². The summed E-state index contributed by atoms with van der Waals surface area (Å²) < 4.78 is 0. The van der Waals surface area contributed by atoms with Gasteiger partial charge in [0, 0.05) is 19.6 Å². The van der Waals surface area contributed by atoms with Gasteiger partial charge in [-0.3, -0.25) is 0 Å². The maximum absolute atomic E-state index is 3.50. The molecule has 104 valence electrons. The van der Waals surface area contributed by atoms with Crippen LogP contribution in [-0.4, -0.2) is 24.8 Å². The molecule has 0 heterocycles. The van der Waals surface area contributed by atoms with Crippen molar-refractivity contribution < 1.29 is 0 Å². The predicted molar refractivity (Wildman–Crippen MR) is 76.5 cm³/mol. The normalized spacial score (nSPS) is 12.0. The van der Waals surface area contributed by atoms with Crippen LogP contribution in [0.1, 0.15) is 60.3 Å². The standard InChI is InChI=1S/C14H33N3/c1-6-13(7-2)11-15-17(10-5)16-12-14(8-3)9-4/h13-16H,6-12H2,1-5H3. The Balaban J connectivity index is 3.82. The van der Waals surface area contributed by atoms with Crippen molar-refractivity contribution in [3.05, 3.63) is 0 Å². The molecule has 0 saturated heterocycles. The Hall–Kier alpha value is -0.120. The molecule has 17 heavy (non-hydrogen) atoms. The monoisotopic (exact) mass is 243 g/mol. The smallest absolute Gasteiger partial charge is 0.0259 e. The summed E-state index contributed by atoms with van der Waals surface area (Å²) in [6.45, 7) is 14.4. The van der Waals surface area contributed by atoms with Crippen LogP contribution in [0.2, 0.25) is 0 Å². The van der Waals surface area contributed by atoms with Gasteiger partial charge >= 0.3 is 0 Å². The Bertz CT molecular complexity index is 138. The first-order chi connectivity index (χ1) is 8.21. The van der Waals surface area contributed by atoms with Crippen LogP contribution in [0.25, 0.3) is 0 Å². The summed E-state index contributed by atoms with van der Waals surface area (Å²) in [4.78, 5) is 0. The van der Waals surface area contributed by atoms with Crippen LogP contribution in [0.3, 0.4) is 0 Å². The second-order valence-corrected chi connectivity index (χ2v) is 4.83. The molecule has 0 bridgehead atoms. The van der Waals surface area contributed by atoms with Gasteiger partial charge in [0.15, 0.2) is 0 Å². The van der Waals surface area contributed by atoms with Gasteiger partial charge in [0.25, 0.3) is 0 Å². The second-order valence-electron chi connectivity index (χ2n) is 4.83. The molecule has 0 aromatic heterocycles. The van der Waals surface area contributed by atoms with Crippen molar-refractivity contribution in [3.63, 3.8) is 0 Å². The molecule has 0 fully saturated rings. The van der Waals surface area contributed by atoms with Crippen LogP contribution < -0.4 is 10.9 Å². The Kier molecular flexibility index (Phi) is 10.9. The fourth-order valence-electron chi connectivity index (χ4n) is 1.91. The summed E-state index contributed by atoms with van der Waals surface area (Å²) in [5.41, 5.74) is 6.99. The van der Waals surface area contributed by atoms with Gasteiger partial charge in [-0.2, -0.15) is 5.12 Å². The third-order valence-electron chi connectivity index (χ3n) is 3.77. The average molecular weight is 243 g/mol. The largest absolute Gasteiger partial charge is 0.241 e. The molecule has 0 aromatic carbocycles. The van der Waals surface area contributed by atoms with Crippen molar-refractivity contribution in [2.75, 3.05) is 19.6 Å². The molecular weight excluding hydrogens is 210 g/mol. The molecule has 3 nitrogen and oxygen atoms in total. The topological polar surface area (TPSA) is 27.3 Å². The van der Waals surface area contributed by atoms with E-state index in [1.54, 1.807) is 0 Å². The van der Waals surface area contributed by atoms with Crippen molar-refractivity contribution in [1.29, 1.82) is 0 Å². The van der Waals surface area contributed by atoms with E-state index in [0.29, 0.717) is 0 Å². The highest BCUT2D eigenvalue weighted by Gasteiger charge is 2.08. The molecule has 0 aliphatic rings. The molecule has 0 spiro atoms. The van der Waals surface area contributed by atoms with Crippen molar-refractivity contribution in [2.24, 2.45) is 11.8 Å². The summed E-state index contributed by atoms with van der Waals surface area (Å²) in [6, 6.07) is 0. The highest BCUT2D eigenvalue weighted by Crippen LogP contribution is 2.06. The van der Waals surface area contributed by atoms with Crippen LogP contribution in [-0.2, 0) is 0 Å². The molecule has 0 rings (SSSR count). The van der Waals surface area contributed by atoms with E-state index < -0.39 is 0 Å². The molecule has 0 saturated carbocycles. The van der Waals surface area contributed by atoms with E-state index in [2.05, 4.69) is 50.6 Å². The maximum atomic E-state index is 3.50. The van der Waals surface area contributed by atoms with E-state index in [4.69, 9.17) is 0 Å². The van der Waals surface area contributed by atoms with E-state index in [9.17, 15) is 0 Å². The first kappa shape index (κ1) is 16.9. The van der Waals surface area contributed by atoms with E-state index in [0.717, 1.165) is 31.5 Å². The van der Waals surface area contributed by atoms with Gasteiger partial charge in [-0.1, -0.05) is 53.4 Å². The van der Waals surface area contributed by atoms with Gasteiger partial charge in [-0.25, -0.2) is 10.9 Å². The fourth-order valence-corrected chi connectivity index (χ4v) is 1.91. The van der Waals surface area contributed by atoms with Gasteiger partial charge in [-0.15, -0.1) is 0 Å². The minimum atomic E-state index is 0.791. The highest BCUT2D eigenvalue weighted by atomic mass is 15.7. The fraction of sp³-hybridized carbons (Fsp3) is 1.00. The lowest BCUT2D eigenvalue weighted by molar-refractivity contribution is 0.101. The number of nitrogens with one attached hydrogen (secondary N) is 2. The van der Waals surface area contributed by atoms with Gasteiger partial charge in [0.2, 0.25) is 0 Å². The van der Waals surface area contributed by atoms with Crippen LogP contribution in [0.5, 0.6) is 0 Å². The summed E-state index contributed by atoms with van der Waals surface area (Å²) in [5.74, 6) is 1.58. The number of nitrogens with zero attached hydrogens (tertiary/aromatic N) is 1. The molecule has 2 N–H and O–H groups in total. The highest BCUT2D eigenvalue weighted by molar-refractivity contribution is 4.59. The quantitative estimate of drug-likeness (QED) is 0.546. The van der Waals surface area contributed by atoms with Gasteiger partial charge in [0.05, 0.1) is 0 Å². The summed E-state index contributed by atoms with van der Waals surface area (Å²) >= 11 is 0. The number of hydrazine groups is 2. The average Bonchev–Trinajstić information content (AvgIpc) is 2.38. The Morgan fingerprint density at radius 3 is 1.29 bits per heavy atom. The SMILES string of the molecule is CCC(CC)CNN(CC)NCC(CC)CC. The zero-order chi connectivity index (χ0) is 13.1. The number of hydrogen-bond acceptors (Lipinski definition) is 3. The first-order valence-corrected chi connectivity index (χ1v) is 7.46. The first-order valence-electron chi connectivity index (χ1n) is 7.46. The molecule has 3 heteroatoms. The Labute approximate surface area is 108 Å². The molecule has 0 aliphatic heterocycles.